The van der Waals surface area contributed by atoms with Crippen molar-refractivity contribution in [3.05, 3.63) is 83.3 Å². The summed E-state index contributed by atoms with van der Waals surface area (Å²) in [7, 11) is 0. The molecule has 0 aliphatic heterocycles. The molecule has 28 heavy (non-hydrogen) atoms. The van der Waals surface area contributed by atoms with Crippen LogP contribution >= 0.6 is 11.3 Å². The number of halogens is 1. The van der Waals surface area contributed by atoms with E-state index in [1.54, 1.807) is 22.9 Å². The zero-order chi connectivity index (χ0) is 19.1. The maximum absolute atomic E-state index is 14.7. The molecule has 0 spiro atoms. The van der Waals surface area contributed by atoms with Crippen LogP contribution < -0.4 is 0 Å². The number of aromatic nitrogens is 4. The Balaban J connectivity index is 1.50. The number of hydrogen-bond donors (Lipinski definition) is 0. The van der Waals surface area contributed by atoms with Gasteiger partial charge in [0, 0.05) is 11.5 Å². The average Bonchev–Trinajstić information content (AvgIpc) is 3.45. The van der Waals surface area contributed by atoms with Crippen molar-refractivity contribution in [3.63, 3.8) is 0 Å². The van der Waals surface area contributed by atoms with Gasteiger partial charge in [0.2, 0.25) is 10.8 Å². The predicted molar refractivity (Wildman–Crippen MR) is 106 cm³/mol. The van der Waals surface area contributed by atoms with Gasteiger partial charge in [-0.05, 0) is 29.3 Å². The van der Waals surface area contributed by atoms with Gasteiger partial charge in [-0.15, -0.1) is 10.2 Å². The molecule has 0 amide bonds. The lowest BCUT2D eigenvalue weighted by molar-refractivity contribution is 0.574. The van der Waals surface area contributed by atoms with Crippen molar-refractivity contribution in [2.24, 2.45) is 0 Å². The van der Waals surface area contributed by atoms with Crippen LogP contribution in [0.25, 0.3) is 27.7 Å². The fraction of sp³-hybridized carbons (Fsp3) is 0.0952. The molecule has 0 saturated heterocycles. The van der Waals surface area contributed by atoms with E-state index < -0.39 is 0 Å². The Morgan fingerprint density at radius 2 is 1.89 bits per heavy atom. The first kappa shape index (κ1) is 16.8. The molecule has 0 aliphatic carbocycles. The van der Waals surface area contributed by atoms with Crippen molar-refractivity contribution in [3.8, 4) is 22.7 Å². The maximum atomic E-state index is 14.7. The molecule has 5 aromatic rings. The second-order valence-electron chi connectivity index (χ2n) is 6.46. The second-order valence-corrected chi connectivity index (χ2v) is 7.45. The Kier molecular flexibility index (Phi) is 4.02. The zero-order valence-corrected chi connectivity index (χ0v) is 15.7. The molecular weight excluding hydrogens is 375 g/mol. The van der Waals surface area contributed by atoms with Crippen LogP contribution in [-0.4, -0.2) is 19.8 Å². The first-order valence-electron chi connectivity index (χ1n) is 8.81. The molecule has 7 heteroatoms. The van der Waals surface area contributed by atoms with Crippen molar-refractivity contribution < 1.29 is 8.81 Å². The smallest absolute Gasteiger partial charge is 0.235 e. The third-order valence-electron chi connectivity index (χ3n) is 4.70. The summed E-state index contributed by atoms with van der Waals surface area (Å²) in [5.74, 6) is 0.848. The molecule has 0 unspecified atom stereocenters. The molecule has 5 rings (SSSR count). The first-order valence-corrected chi connectivity index (χ1v) is 9.63. The lowest BCUT2D eigenvalue weighted by atomic mass is 9.97. The van der Waals surface area contributed by atoms with Gasteiger partial charge in [-0.3, -0.25) is 0 Å². The van der Waals surface area contributed by atoms with Crippen LogP contribution in [0.2, 0.25) is 0 Å². The number of rotatable bonds is 4. The van der Waals surface area contributed by atoms with E-state index in [1.165, 1.54) is 11.3 Å². The quantitative estimate of drug-likeness (QED) is 0.412. The lowest BCUT2D eigenvalue weighted by Crippen LogP contribution is -1.99. The van der Waals surface area contributed by atoms with Gasteiger partial charge in [0.25, 0.3) is 0 Å². The number of nitrogens with zero attached hydrogens (tertiary/aromatic N) is 4. The van der Waals surface area contributed by atoms with Gasteiger partial charge in [-0.1, -0.05) is 60.7 Å². The highest BCUT2D eigenvalue weighted by Gasteiger charge is 2.20. The summed E-state index contributed by atoms with van der Waals surface area (Å²) in [4.78, 5) is 0.676. The van der Waals surface area contributed by atoms with E-state index in [0.29, 0.717) is 22.1 Å². The molecule has 0 saturated carbocycles. The van der Waals surface area contributed by atoms with E-state index in [0.717, 1.165) is 16.1 Å². The predicted octanol–water partition coefficient (Wildman–Crippen LogP) is 5.40. The van der Waals surface area contributed by atoms with Gasteiger partial charge in [0.1, 0.15) is 10.8 Å². The van der Waals surface area contributed by atoms with E-state index in [1.807, 2.05) is 55.5 Å². The molecule has 138 valence electrons. The topological polar surface area (TPSA) is 56.2 Å². The molecule has 5 nitrogen and oxygen atoms in total. The average molecular weight is 390 g/mol. The Hall–Kier alpha value is -3.32. The van der Waals surface area contributed by atoms with E-state index in [9.17, 15) is 4.39 Å². The monoisotopic (exact) mass is 390 g/mol. The first-order chi connectivity index (χ1) is 13.7. The third-order valence-corrected chi connectivity index (χ3v) is 5.78. The Labute approximate surface area is 164 Å². The summed E-state index contributed by atoms with van der Waals surface area (Å²) in [6.45, 7) is 2.01. The number of hydrogen-bond acceptors (Lipinski definition) is 5. The Bertz CT molecular complexity index is 1240. The molecule has 0 aliphatic rings. The minimum Gasteiger partial charge on any atom is -0.461 e. The summed E-state index contributed by atoms with van der Waals surface area (Å²) in [6, 6.07) is 18.5. The highest BCUT2D eigenvalue weighted by Crippen LogP contribution is 2.32. The van der Waals surface area contributed by atoms with Crippen LogP contribution in [0.1, 0.15) is 23.4 Å². The van der Waals surface area contributed by atoms with E-state index in [-0.39, 0.29) is 11.7 Å². The summed E-state index contributed by atoms with van der Waals surface area (Å²) < 4.78 is 21.8. The molecule has 1 atom stereocenters. The number of furan rings is 1. The molecule has 0 radical (unpaired) electrons. The minimum atomic E-state index is -0.241. The highest BCUT2D eigenvalue weighted by atomic mass is 32.1. The van der Waals surface area contributed by atoms with Gasteiger partial charge in [-0.25, -0.2) is 4.39 Å². The van der Waals surface area contributed by atoms with E-state index in [4.69, 9.17) is 4.42 Å². The second kappa shape index (κ2) is 6.69. The van der Waals surface area contributed by atoms with Crippen LogP contribution in [0.15, 0.2) is 71.3 Å². The lowest BCUT2D eigenvalue weighted by Gasteiger charge is -2.11. The zero-order valence-electron chi connectivity index (χ0n) is 14.9. The number of fused-ring (bicyclic) bond motifs is 1. The summed E-state index contributed by atoms with van der Waals surface area (Å²) in [5, 5.41) is 13.8. The number of benzene rings is 2. The van der Waals surface area contributed by atoms with Crippen LogP contribution in [0.4, 0.5) is 4.39 Å². The van der Waals surface area contributed by atoms with Gasteiger partial charge >= 0.3 is 0 Å². The van der Waals surface area contributed by atoms with Crippen molar-refractivity contribution in [1.82, 2.24) is 19.8 Å². The van der Waals surface area contributed by atoms with Crippen LogP contribution in [0.3, 0.4) is 0 Å². The van der Waals surface area contributed by atoms with Crippen molar-refractivity contribution in [2.75, 3.05) is 0 Å². The third kappa shape index (κ3) is 2.80. The summed E-state index contributed by atoms with van der Waals surface area (Å²) >= 11 is 1.44. The maximum Gasteiger partial charge on any atom is 0.235 e. The molecule has 3 aromatic heterocycles. The van der Waals surface area contributed by atoms with Gasteiger partial charge in [0.15, 0.2) is 5.76 Å². The highest BCUT2D eigenvalue weighted by molar-refractivity contribution is 7.16. The Morgan fingerprint density at radius 1 is 1.04 bits per heavy atom. The van der Waals surface area contributed by atoms with Crippen LogP contribution in [0, 0.1) is 5.82 Å². The molecule has 2 aromatic carbocycles. The minimum absolute atomic E-state index is 0.0736. The van der Waals surface area contributed by atoms with Crippen molar-refractivity contribution >= 4 is 16.3 Å². The molecule has 0 bridgehead atoms. The SMILES string of the molecule is C[C@@H](c1ccc(-c2ccccc2)c(F)c1)c1nn2c(-c3ccco3)nnc2s1. The fourth-order valence-corrected chi connectivity index (χ4v) is 4.08. The molecule has 0 N–H and O–H groups in total. The molecular formula is C21H15FN4OS. The van der Waals surface area contributed by atoms with Gasteiger partial charge in [-0.2, -0.15) is 9.61 Å². The Morgan fingerprint density at radius 3 is 2.64 bits per heavy atom. The van der Waals surface area contributed by atoms with Crippen molar-refractivity contribution in [1.29, 1.82) is 0 Å². The van der Waals surface area contributed by atoms with Crippen LogP contribution in [-0.2, 0) is 0 Å². The molecule has 0 fully saturated rings. The summed E-state index contributed by atoms with van der Waals surface area (Å²) in [5.41, 5.74) is 2.32. The van der Waals surface area contributed by atoms with E-state index in [2.05, 4.69) is 15.3 Å². The summed E-state index contributed by atoms with van der Waals surface area (Å²) in [6.07, 6.45) is 1.59. The molecule has 3 heterocycles. The van der Waals surface area contributed by atoms with Gasteiger partial charge < -0.3 is 4.42 Å². The largest absolute Gasteiger partial charge is 0.461 e. The van der Waals surface area contributed by atoms with Crippen LogP contribution in [0.5, 0.6) is 0 Å². The normalized spacial score (nSPS) is 12.5. The van der Waals surface area contributed by atoms with E-state index >= 15 is 0 Å². The standard InChI is InChI=1S/C21H15FN4OS/c1-13(15-9-10-16(17(22)12-15)14-6-3-2-4-7-14)20-25-26-19(18-8-5-11-27-18)23-24-21(26)28-20/h2-13H,1H3/t13-/m0/s1. The van der Waals surface area contributed by atoms with Gasteiger partial charge in [0.05, 0.1) is 6.26 Å². The van der Waals surface area contributed by atoms with Crippen molar-refractivity contribution in [2.45, 2.75) is 12.8 Å². The fourth-order valence-electron chi connectivity index (χ4n) is 3.16.